The van der Waals surface area contributed by atoms with Gasteiger partial charge in [0, 0.05) is 21.9 Å². The van der Waals surface area contributed by atoms with Crippen molar-refractivity contribution in [3.63, 3.8) is 0 Å². The first-order chi connectivity index (χ1) is 21.4. The number of fused-ring (bicyclic) bond motifs is 1. The summed E-state index contributed by atoms with van der Waals surface area (Å²) in [7, 11) is -2.88. The van der Waals surface area contributed by atoms with E-state index in [-0.39, 0.29) is 22.9 Å². The van der Waals surface area contributed by atoms with E-state index in [2.05, 4.69) is 0 Å². The van der Waals surface area contributed by atoms with Crippen LogP contribution in [-0.2, 0) is 21.3 Å². The van der Waals surface area contributed by atoms with E-state index >= 15 is 0 Å². The third-order valence-corrected chi connectivity index (χ3v) is 10.3. The maximum atomic E-state index is 14.8. The summed E-state index contributed by atoms with van der Waals surface area (Å²) in [5.41, 5.74) is 4.95. The van der Waals surface area contributed by atoms with Gasteiger partial charge in [-0.1, -0.05) is 91.5 Å². The highest BCUT2D eigenvalue weighted by atomic mass is 35.5. The van der Waals surface area contributed by atoms with Crippen molar-refractivity contribution in [3.05, 3.63) is 125 Å². The van der Waals surface area contributed by atoms with Crippen LogP contribution >= 0.6 is 11.6 Å². The molecular weight excluding hydrogens is 592 g/mol. The van der Waals surface area contributed by atoms with E-state index in [0.717, 1.165) is 48.1 Å². The minimum absolute atomic E-state index is 0.0614. The lowest BCUT2D eigenvalue weighted by Crippen LogP contribution is -2.32. The number of halogens is 1. The van der Waals surface area contributed by atoms with Gasteiger partial charge in [0.1, 0.15) is 0 Å². The summed E-state index contributed by atoms with van der Waals surface area (Å²) < 4.78 is 36.0. The average molecular weight is 625 g/mol. The zero-order valence-electron chi connectivity index (χ0n) is 24.4. The van der Waals surface area contributed by atoms with Gasteiger partial charge in [-0.2, -0.15) is 0 Å². The van der Waals surface area contributed by atoms with Crippen LogP contribution in [0.25, 0.3) is 22.0 Å². The molecule has 0 spiro atoms. The van der Waals surface area contributed by atoms with Crippen LogP contribution < -0.4 is 4.31 Å². The maximum Gasteiger partial charge on any atom is 0.337 e. The summed E-state index contributed by atoms with van der Waals surface area (Å²) in [5.74, 6) is -0.341. The Morgan fingerprint density at radius 2 is 1.55 bits per heavy atom. The molecule has 0 N–H and O–H groups in total. The lowest BCUT2D eigenvalue weighted by molar-refractivity contribution is 0.0600. The third-order valence-electron chi connectivity index (χ3n) is 8.28. The van der Waals surface area contributed by atoms with Gasteiger partial charge in [0.05, 0.1) is 41.0 Å². The largest absolute Gasteiger partial charge is 0.465 e. The van der Waals surface area contributed by atoms with Crippen molar-refractivity contribution in [1.29, 1.82) is 0 Å². The molecule has 44 heavy (non-hydrogen) atoms. The van der Waals surface area contributed by atoms with Crippen LogP contribution in [0, 0.1) is 0 Å². The number of hydrogen-bond donors (Lipinski definition) is 0. The number of anilines is 1. The minimum Gasteiger partial charge on any atom is -0.465 e. The Labute approximate surface area is 263 Å². The van der Waals surface area contributed by atoms with Crippen molar-refractivity contribution in [1.82, 2.24) is 4.98 Å². The van der Waals surface area contributed by atoms with E-state index in [1.807, 2.05) is 72.8 Å². The van der Waals surface area contributed by atoms with Gasteiger partial charge in [-0.05, 0) is 66.4 Å². The first-order valence-corrected chi connectivity index (χ1v) is 16.6. The van der Waals surface area contributed by atoms with Gasteiger partial charge in [-0.25, -0.2) is 13.2 Å². The summed E-state index contributed by atoms with van der Waals surface area (Å²) >= 11 is 6.59. The van der Waals surface area contributed by atoms with Crippen LogP contribution in [-0.4, -0.2) is 26.5 Å². The van der Waals surface area contributed by atoms with E-state index in [4.69, 9.17) is 21.3 Å². The standard InChI is InChI=1S/C36H33ClN2O4S/c1-43-36(40)28-17-20-30(21-18-28)44(41,42)39(24-25-11-5-2-6-12-25)35-31-23-29(37)19-22-32(31)38-34(27-15-9-4-10-16-27)33(35)26-13-7-3-8-14-26/h2-3,5-8,11-14,17-23,27H,4,9-10,15-16,24H2,1H3. The molecule has 1 fully saturated rings. The number of pyridine rings is 1. The van der Waals surface area contributed by atoms with Crippen LogP contribution in [0.4, 0.5) is 5.69 Å². The molecule has 4 aromatic carbocycles. The quantitative estimate of drug-likeness (QED) is 0.161. The molecule has 0 bridgehead atoms. The number of carbonyl (C=O) groups is 1. The second kappa shape index (κ2) is 12.8. The Morgan fingerprint density at radius 1 is 0.886 bits per heavy atom. The summed E-state index contributed by atoms with van der Waals surface area (Å²) in [6.45, 7) is 0.0808. The number of nitrogens with zero attached hydrogens (tertiary/aromatic N) is 2. The highest BCUT2D eigenvalue weighted by Crippen LogP contribution is 2.47. The molecule has 0 unspecified atom stereocenters. The smallest absolute Gasteiger partial charge is 0.337 e. The summed E-state index contributed by atoms with van der Waals surface area (Å²) in [6.07, 6.45) is 5.38. The number of rotatable bonds is 8. The minimum atomic E-state index is -4.17. The van der Waals surface area contributed by atoms with Crippen molar-refractivity contribution in [2.45, 2.75) is 49.5 Å². The van der Waals surface area contributed by atoms with Crippen LogP contribution in [0.1, 0.15) is 59.6 Å². The molecule has 8 heteroatoms. The molecular formula is C36H33ClN2O4S. The molecule has 1 heterocycles. The lowest BCUT2D eigenvalue weighted by Gasteiger charge is -2.32. The Balaban J connectivity index is 1.67. The molecule has 0 aliphatic heterocycles. The first-order valence-electron chi connectivity index (χ1n) is 14.8. The highest BCUT2D eigenvalue weighted by molar-refractivity contribution is 7.92. The van der Waals surface area contributed by atoms with E-state index in [1.54, 1.807) is 6.07 Å². The van der Waals surface area contributed by atoms with Crippen molar-refractivity contribution >= 4 is 44.2 Å². The Morgan fingerprint density at radius 3 is 2.20 bits per heavy atom. The summed E-state index contributed by atoms with van der Waals surface area (Å²) in [5, 5.41) is 1.14. The van der Waals surface area contributed by atoms with E-state index in [0.29, 0.717) is 21.6 Å². The monoisotopic (exact) mass is 624 g/mol. The zero-order valence-corrected chi connectivity index (χ0v) is 26.0. The topological polar surface area (TPSA) is 76.6 Å². The SMILES string of the molecule is COC(=O)c1ccc(S(=O)(=O)N(Cc2ccccc2)c2c(-c3ccccc3)c(C3CCCCC3)nc3ccc(Cl)cc23)cc1. The number of hydrogen-bond acceptors (Lipinski definition) is 5. The Bertz CT molecular complexity index is 1890. The normalized spacial score (nSPS) is 14.0. The second-order valence-corrected chi connectivity index (χ2v) is 13.4. The molecule has 1 aliphatic carbocycles. The van der Waals surface area contributed by atoms with Gasteiger partial charge >= 0.3 is 5.97 Å². The van der Waals surface area contributed by atoms with Gasteiger partial charge in [-0.3, -0.25) is 9.29 Å². The molecule has 6 nitrogen and oxygen atoms in total. The molecule has 1 saturated carbocycles. The van der Waals surface area contributed by atoms with E-state index in [9.17, 15) is 13.2 Å². The number of methoxy groups -OCH3 is 1. The molecule has 0 saturated heterocycles. The molecule has 224 valence electrons. The van der Waals surface area contributed by atoms with E-state index in [1.165, 1.54) is 42.1 Å². The summed E-state index contributed by atoms with van der Waals surface area (Å²) in [6, 6.07) is 30.8. The highest BCUT2D eigenvalue weighted by Gasteiger charge is 2.33. The Hall–Kier alpha value is -4.20. The molecule has 0 amide bonds. The van der Waals surface area contributed by atoms with Crippen molar-refractivity contribution in [2.75, 3.05) is 11.4 Å². The van der Waals surface area contributed by atoms with Gasteiger partial charge in [0.2, 0.25) is 0 Å². The number of benzene rings is 4. The van der Waals surface area contributed by atoms with Gasteiger partial charge < -0.3 is 4.74 Å². The summed E-state index contributed by atoms with van der Waals surface area (Å²) in [4.78, 5) is 17.4. The maximum absolute atomic E-state index is 14.8. The fourth-order valence-electron chi connectivity index (χ4n) is 6.10. The molecule has 0 atom stereocenters. The fourth-order valence-corrected chi connectivity index (χ4v) is 7.75. The van der Waals surface area contributed by atoms with Crippen molar-refractivity contribution in [2.24, 2.45) is 0 Å². The van der Waals surface area contributed by atoms with Gasteiger partial charge in [-0.15, -0.1) is 0 Å². The number of sulfonamides is 1. The molecule has 0 radical (unpaired) electrons. The molecule has 6 rings (SSSR count). The number of ether oxygens (including phenoxy) is 1. The zero-order chi connectivity index (χ0) is 30.7. The lowest BCUT2D eigenvalue weighted by atomic mass is 9.82. The third kappa shape index (κ3) is 5.94. The molecule has 5 aromatic rings. The molecule has 1 aliphatic rings. The van der Waals surface area contributed by atoms with Gasteiger partial charge in [0.15, 0.2) is 0 Å². The van der Waals surface area contributed by atoms with Crippen LogP contribution in [0.5, 0.6) is 0 Å². The van der Waals surface area contributed by atoms with Crippen LogP contribution in [0.15, 0.2) is 108 Å². The molecule has 1 aromatic heterocycles. The van der Waals surface area contributed by atoms with Crippen LogP contribution in [0.3, 0.4) is 0 Å². The predicted molar refractivity (Wildman–Crippen MR) is 176 cm³/mol. The van der Waals surface area contributed by atoms with Crippen molar-refractivity contribution in [3.8, 4) is 11.1 Å². The second-order valence-electron chi connectivity index (χ2n) is 11.1. The number of aromatic nitrogens is 1. The fraction of sp³-hybridized carbons (Fsp3) is 0.222. The first kappa shape index (κ1) is 29.9. The van der Waals surface area contributed by atoms with E-state index < -0.39 is 16.0 Å². The number of esters is 1. The number of carbonyl (C=O) groups excluding carboxylic acids is 1. The Kier molecular flexibility index (Phi) is 8.69. The average Bonchev–Trinajstić information content (AvgIpc) is 3.07. The van der Waals surface area contributed by atoms with Gasteiger partial charge in [0.25, 0.3) is 10.0 Å². The van der Waals surface area contributed by atoms with Crippen molar-refractivity contribution < 1.29 is 17.9 Å². The van der Waals surface area contributed by atoms with Crippen LogP contribution in [0.2, 0.25) is 5.02 Å². The predicted octanol–water partition coefficient (Wildman–Crippen LogP) is 8.79.